The molecule has 0 radical (unpaired) electrons. The first-order chi connectivity index (χ1) is 8.99. The predicted molar refractivity (Wildman–Crippen MR) is 73.4 cm³/mol. The number of likely N-dealkylation sites (N-methyl/N-ethyl adjacent to an activating group) is 1. The molecule has 2 rings (SSSR count). The second kappa shape index (κ2) is 5.74. The highest BCUT2D eigenvalue weighted by molar-refractivity contribution is 5.67. The minimum absolute atomic E-state index is 0.179. The number of rotatable bonds is 4. The summed E-state index contributed by atoms with van der Waals surface area (Å²) in [5.41, 5.74) is 3.22. The van der Waals surface area contributed by atoms with Gasteiger partial charge in [0.1, 0.15) is 0 Å². The van der Waals surface area contributed by atoms with Gasteiger partial charge in [-0.2, -0.15) is 5.10 Å². The van der Waals surface area contributed by atoms with Crippen molar-refractivity contribution in [1.29, 1.82) is 0 Å². The first kappa shape index (κ1) is 14.1. The van der Waals surface area contributed by atoms with Gasteiger partial charge in [-0.15, -0.1) is 0 Å². The molecule has 0 aliphatic carbocycles. The highest BCUT2D eigenvalue weighted by atomic mass is 16.4. The number of likely N-dealkylation sites (tertiary alicyclic amines) is 1. The Morgan fingerprint density at radius 2 is 2.21 bits per heavy atom. The third kappa shape index (κ3) is 3.15. The summed E-state index contributed by atoms with van der Waals surface area (Å²) in [6, 6.07) is 0.427. The van der Waals surface area contributed by atoms with Gasteiger partial charge < -0.3 is 10.0 Å². The van der Waals surface area contributed by atoms with Crippen LogP contribution in [0.2, 0.25) is 0 Å². The van der Waals surface area contributed by atoms with E-state index in [2.05, 4.69) is 28.7 Å². The third-order valence-corrected chi connectivity index (χ3v) is 4.01. The fourth-order valence-corrected chi connectivity index (χ4v) is 2.99. The summed E-state index contributed by atoms with van der Waals surface area (Å²) in [7, 11) is 2.14. The van der Waals surface area contributed by atoms with E-state index in [-0.39, 0.29) is 6.42 Å². The van der Waals surface area contributed by atoms with Crippen LogP contribution in [-0.2, 0) is 11.2 Å². The molecule has 5 heteroatoms. The van der Waals surface area contributed by atoms with Crippen molar-refractivity contribution in [3.63, 3.8) is 0 Å². The van der Waals surface area contributed by atoms with E-state index in [4.69, 9.17) is 5.11 Å². The van der Waals surface area contributed by atoms with Crippen molar-refractivity contribution in [3.05, 3.63) is 17.0 Å². The normalized spacial score (nSPS) is 20.7. The van der Waals surface area contributed by atoms with Gasteiger partial charge in [-0.1, -0.05) is 0 Å². The van der Waals surface area contributed by atoms with E-state index in [1.165, 1.54) is 6.42 Å². The predicted octanol–water partition coefficient (Wildman–Crippen LogP) is 1.78. The number of hydrogen-bond donors (Lipinski definition) is 1. The number of hydrogen-bond acceptors (Lipinski definition) is 3. The van der Waals surface area contributed by atoms with E-state index in [0.717, 1.165) is 36.5 Å². The molecule has 0 aromatic carbocycles. The Morgan fingerprint density at radius 3 is 2.84 bits per heavy atom. The lowest BCUT2D eigenvalue weighted by atomic mass is 10.0. The Hall–Kier alpha value is -1.36. The number of carbonyl (C=O) groups is 1. The highest BCUT2D eigenvalue weighted by Gasteiger charge is 2.23. The van der Waals surface area contributed by atoms with Crippen LogP contribution >= 0.6 is 0 Å². The van der Waals surface area contributed by atoms with Crippen molar-refractivity contribution in [2.45, 2.75) is 45.6 Å². The molecular formula is C14H23N3O2. The van der Waals surface area contributed by atoms with Crippen LogP contribution in [0.15, 0.2) is 0 Å². The average molecular weight is 265 g/mol. The molecule has 0 amide bonds. The SMILES string of the molecule is Cc1nn(C2CCCN(C)C2)c(C)c1CCC(=O)O. The lowest BCUT2D eigenvalue weighted by Gasteiger charge is -2.30. The van der Waals surface area contributed by atoms with Gasteiger partial charge in [0.25, 0.3) is 0 Å². The monoisotopic (exact) mass is 265 g/mol. The third-order valence-electron chi connectivity index (χ3n) is 4.01. The van der Waals surface area contributed by atoms with Crippen LogP contribution < -0.4 is 0 Å². The number of aliphatic carboxylic acids is 1. The number of carboxylic acid groups (broad SMARTS) is 1. The van der Waals surface area contributed by atoms with Crippen LogP contribution in [0.25, 0.3) is 0 Å². The topological polar surface area (TPSA) is 58.4 Å². The van der Waals surface area contributed by atoms with Gasteiger partial charge in [-0.05, 0) is 52.3 Å². The summed E-state index contributed by atoms with van der Waals surface area (Å²) in [5, 5.41) is 13.5. The lowest BCUT2D eigenvalue weighted by molar-refractivity contribution is -0.136. The fraction of sp³-hybridized carbons (Fsp3) is 0.714. The van der Waals surface area contributed by atoms with E-state index < -0.39 is 5.97 Å². The second-order valence-electron chi connectivity index (χ2n) is 5.55. The zero-order chi connectivity index (χ0) is 14.0. The molecule has 106 valence electrons. The molecule has 1 aliphatic heterocycles. The molecule has 1 aromatic heterocycles. The van der Waals surface area contributed by atoms with Crippen molar-refractivity contribution in [2.24, 2.45) is 0 Å². The quantitative estimate of drug-likeness (QED) is 0.901. The molecule has 1 aromatic rings. The molecule has 1 fully saturated rings. The molecule has 2 heterocycles. The van der Waals surface area contributed by atoms with Crippen molar-refractivity contribution in [3.8, 4) is 0 Å². The van der Waals surface area contributed by atoms with Gasteiger partial charge in [0.15, 0.2) is 0 Å². The van der Waals surface area contributed by atoms with Crippen LogP contribution in [0.5, 0.6) is 0 Å². The summed E-state index contributed by atoms with van der Waals surface area (Å²) < 4.78 is 2.11. The van der Waals surface area contributed by atoms with Gasteiger partial charge in [0, 0.05) is 18.7 Å². The molecule has 1 N–H and O–H groups in total. The van der Waals surface area contributed by atoms with E-state index in [1.54, 1.807) is 0 Å². The molecule has 19 heavy (non-hydrogen) atoms. The second-order valence-corrected chi connectivity index (χ2v) is 5.55. The number of carboxylic acids is 1. The first-order valence-corrected chi connectivity index (χ1v) is 6.94. The summed E-state index contributed by atoms with van der Waals surface area (Å²) in [5.74, 6) is -0.746. The average Bonchev–Trinajstić information content (AvgIpc) is 2.62. The van der Waals surface area contributed by atoms with E-state index in [0.29, 0.717) is 12.5 Å². The van der Waals surface area contributed by atoms with Gasteiger partial charge >= 0.3 is 5.97 Å². The maximum absolute atomic E-state index is 10.7. The van der Waals surface area contributed by atoms with Gasteiger partial charge in [-0.3, -0.25) is 9.48 Å². The number of piperidine rings is 1. The molecule has 0 spiro atoms. The largest absolute Gasteiger partial charge is 0.481 e. The Labute approximate surface area is 114 Å². The Bertz CT molecular complexity index is 468. The Morgan fingerprint density at radius 1 is 1.47 bits per heavy atom. The minimum Gasteiger partial charge on any atom is -0.481 e. The molecule has 1 saturated heterocycles. The Kier molecular flexibility index (Phi) is 4.24. The zero-order valence-corrected chi connectivity index (χ0v) is 12.0. The zero-order valence-electron chi connectivity index (χ0n) is 12.0. The summed E-state index contributed by atoms with van der Waals surface area (Å²) in [6.45, 7) is 6.22. The molecular weight excluding hydrogens is 242 g/mol. The van der Waals surface area contributed by atoms with E-state index >= 15 is 0 Å². The van der Waals surface area contributed by atoms with Crippen LogP contribution in [0.4, 0.5) is 0 Å². The molecule has 1 unspecified atom stereocenters. The smallest absolute Gasteiger partial charge is 0.303 e. The van der Waals surface area contributed by atoms with E-state index in [1.807, 2.05) is 6.92 Å². The summed E-state index contributed by atoms with van der Waals surface area (Å²) in [4.78, 5) is 13.0. The highest BCUT2D eigenvalue weighted by Crippen LogP contribution is 2.25. The van der Waals surface area contributed by atoms with Gasteiger partial charge in [0.05, 0.1) is 11.7 Å². The first-order valence-electron chi connectivity index (χ1n) is 6.94. The maximum Gasteiger partial charge on any atom is 0.303 e. The molecule has 5 nitrogen and oxygen atoms in total. The van der Waals surface area contributed by atoms with Crippen LogP contribution in [0.1, 0.15) is 42.3 Å². The molecule has 1 atom stereocenters. The lowest BCUT2D eigenvalue weighted by Crippen LogP contribution is -2.34. The number of aromatic nitrogens is 2. The van der Waals surface area contributed by atoms with Crippen molar-refractivity contribution in [1.82, 2.24) is 14.7 Å². The molecule has 0 saturated carbocycles. The van der Waals surface area contributed by atoms with Gasteiger partial charge in [0.2, 0.25) is 0 Å². The Balaban J connectivity index is 2.17. The fourth-order valence-electron chi connectivity index (χ4n) is 2.99. The minimum atomic E-state index is -0.746. The van der Waals surface area contributed by atoms with Crippen molar-refractivity contribution < 1.29 is 9.90 Å². The standard InChI is InChI=1S/C14H23N3O2/c1-10-13(6-7-14(18)19)11(2)17(15-10)12-5-4-8-16(3)9-12/h12H,4-9H2,1-3H3,(H,18,19). The van der Waals surface area contributed by atoms with Crippen LogP contribution in [0, 0.1) is 13.8 Å². The summed E-state index contributed by atoms with van der Waals surface area (Å²) >= 11 is 0. The maximum atomic E-state index is 10.7. The number of nitrogens with zero attached hydrogens (tertiary/aromatic N) is 3. The van der Waals surface area contributed by atoms with Crippen LogP contribution in [-0.4, -0.2) is 45.9 Å². The van der Waals surface area contributed by atoms with Crippen molar-refractivity contribution >= 4 is 5.97 Å². The van der Waals surface area contributed by atoms with Gasteiger partial charge in [-0.25, -0.2) is 0 Å². The number of aryl methyl sites for hydroxylation is 1. The molecule has 1 aliphatic rings. The summed E-state index contributed by atoms with van der Waals surface area (Å²) in [6.07, 6.45) is 3.11. The van der Waals surface area contributed by atoms with E-state index in [9.17, 15) is 4.79 Å². The molecule has 0 bridgehead atoms. The van der Waals surface area contributed by atoms with Crippen molar-refractivity contribution in [2.75, 3.05) is 20.1 Å². The van der Waals surface area contributed by atoms with Crippen LogP contribution in [0.3, 0.4) is 0 Å².